The molecule has 0 saturated carbocycles. The second-order valence-electron chi connectivity index (χ2n) is 4.73. The molecule has 1 heterocycles. The SMILES string of the molecule is COCCNC(c1nc(C)cs1)c1ccc(C)cc1Br. The zero-order valence-electron chi connectivity index (χ0n) is 11.9. The van der Waals surface area contributed by atoms with Crippen molar-refractivity contribution in [1.29, 1.82) is 0 Å². The van der Waals surface area contributed by atoms with E-state index in [0.29, 0.717) is 6.61 Å². The van der Waals surface area contributed by atoms with E-state index < -0.39 is 0 Å². The Kier molecular flexibility index (Phi) is 5.72. The second-order valence-corrected chi connectivity index (χ2v) is 6.48. The van der Waals surface area contributed by atoms with Gasteiger partial charge >= 0.3 is 0 Å². The van der Waals surface area contributed by atoms with E-state index in [0.717, 1.165) is 21.7 Å². The summed E-state index contributed by atoms with van der Waals surface area (Å²) in [7, 11) is 1.71. The summed E-state index contributed by atoms with van der Waals surface area (Å²) in [4.78, 5) is 4.62. The summed E-state index contributed by atoms with van der Waals surface area (Å²) >= 11 is 5.35. The van der Waals surface area contributed by atoms with Crippen molar-refractivity contribution in [2.45, 2.75) is 19.9 Å². The summed E-state index contributed by atoms with van der Waals surface area (Å²) in [5, 5.41) is 6.69. The van der Waals surface area contributed by atoms with E-state index in [1.54, 1.807) is 18.4 Å². The topological polar surface area (TPSA) is 34.1 Å². The van der Waals surface area contributed by atoms with Crippen LogP contribution in [-0.4, -0.2) is 25.2 Å². The van der Waals surface area contributed by atoms with E-state index in [9.17, 15) is 0 Å². The van der Waals surface area contributed by atoms with Gasteiger partial charge in [0.05, 0.1) is 12.6 Å². The number of hydrogen-bond donors (Lipinski definition) is 1. The lowest BCUT2D eigenvalue weighted by Crippen LogP contribution is -2.26. The van der Waals surface area contributed by atoms with Crippen molar-refractivity contribution in [2.75, 3.05) is 20.3 Å². The van der Waals surface area contributed by atoms with Crippen molar-refractivity contribution in [2.24, 2.45) is 0 Å². The van der Waals surface area contributed by atoms with E-state index in [-0.39, 0.29) is 6.04 Å². The molecule has 1 aromatic heterocycles. The highest BCUT2D eigenvalue weighted by Crippen LogP contribution is 2.31. The molecular formula is C15H19BrN2OS. The maximum absolute atomic E-state index is 5.13. The Balaban J connectivity index is 2.30. The van der Waals surface area contributed by atoms with Gasteiger partial charge in [0.2, 0.25) is 0 Å². The fourth-order valence-corrected chi connectivity index (χ4v) is 3.62. The standard InChI is InChI=1S/C15H19BrN2OS/c1-10-4-5-12(13(16)8-10)14(17-6-7-19-3)15-18-11(2)9-20-15/h4-5,8-9,14,17H,6-7H2,1-3H3. The maximum Gasteiger partial charge on any atom is 0.114 e. The summed E-state index contributed by atoms with van der Waals surface area (Å²) < 4.78 is 6.24. The molecule has 2 rings (SSSR count). The molecule has 0 radical (unpaired) electrons. The summed E-state index contributed by atoms with van der Waals surface area (Å²) in [6, 6.07) is 6.52. The molecule has 1 unspecified atom stereocenters. The largest absolute Gasteiger partial charge is 0.383 e. The van der Waals surface area contributed by atoms with Crippen LogP contribution in [0, 0.1) is 13.8 Å². The third-order valence-electron chi connectivity index (χ3n) is 3.01. The molecule has 3 nitrogen and oxygen atoms in total. The highest BCUT2D eigenvalue weighted by atomic mass is 79.9. The lowest BCUT2D eigenvalue weighted by atomic mass is 10.1. The Morgan fingerprint density at radius 2 is 2.20 bits per heavy atom. The molecule has 1 N–H and O–H groups in total. The smallest absolute Gasteiger partial charge is 0.114 e. The van der Waals surface area contributed by atoms with Crippen molar-refractivity contribution in [3.63, 3.8) is 0 Å². The number of rotatable bonds is 6. The normalized spacial score (nSPS) is 12.6. The number of nitrogens with zero attached hydrogens (tertiary/aromatic N) is 1. The number of thiazole rings is 1. The maximum atomic E-state index is 5.13. The minimum absolute atomic E-state index is 0.0961. The molecule has 0 aliphatic rings. The van der Waals surface area contributed by atoms with Gasteiger partial charge in [-0.25, -0.2) is 4.98 Å². The average Bonchev–Trinajstić information content (AvgIpc) is 2.82. The molecule has 1 aromatic carbocycles. The highest BCUT2D eigenvalue weighted by Gasteiger charge is 2.19. The third kappa shape index (κ3) is 3.88. The van der Waals surface area contributed by atoms with Gasteiger partial charge in [0, 0.05) is 29.2 Å². The number of methoxy groups -OCH3 is 1. The second kappa shape index (κ2) is 7.31. The lowest BCUT2D eigenvalue weighted by molar-refractivity contribution is 0.197. The van der Waals surface area contributed by atoms with Gasteiger partial charge in [-0.3, -0.25) is 0 Å². The van der Waals surface area contributed by atoms with Gasteiger partial charge in [0.1, 0.15) is 5.01 Å². The molecule has 5 heteroatoms. The number of aryl methyl sites for hydroxylation is 2. The minimum Gasteiger partial charge on any atom is -0.383 e. The van der Waals surface area contributed by atoms with Crippen molar-refractivity contribution in [1.82, 2.24) is 10.3 Å². The van der Waals surface area contributed by atoms with E-state index in [1.807, 2.05) is 6.92 Å². The van der Waals surface area contributed by atoms with Gasteiger partial charge in [0.25, 0.3) is 0 Å². The van der Waals surface area contributed by atoms with E-state index >= 15 is 0 Å². The van der Waals surface area contributed by atoms with Gasteiger partial charge < -0.3 is 10.1 Å². The van der Waals surface area contributed by atoms with E-state index in [4.69, 9.17) is 4.74 Å². The molecule has 108 valence electrons. The molecule has 0 aliphatic carbocycles. The van der Waals surface area contributed by atoms with Gasteiger partial charge in [-0.1, -0.05) is 28.1 Å². The third-order valence-corrected chi connectivity index (χ3v) is 4.72. The predicted molar refractivity (Wildman–Crippen MR) is 87.5 cm³/mol. The van der Waals surface area contributed by atoms with Crippen LogP contribution in [0.5, 0.6) is 0 Å². The number of halogens is 1. The van der Waals surface area contributed by atoms with Crippen LogP contribution in [0.1, 0.15) is 27.9 Å². The van der Waals surface area contributed by atoms with Crippen LogP contribution in [0.4, 0.5) is 0 Å². The van der Waals surface area contributed by atoms with Crippen LogP contribution in [0.15, 0.2) is 28.1 Å². The van der Waals surface area contributed by atoms with Crippen LogP contribution in [0.3, 0.4) is 0 Å². The monoisotopic (exact) mass is 354 g/mol. The van der Waals surface area contributed by atoms with E-state index in [2.05, 4.69) is 56.7 Å². The summed E-state index contributed by atoms with van der Waals surface area (Å²) in [5.41, 5.74) is 3.51. The molecule has 0 saturated heterocycles. The molecule has 0 spiro atoms. The number of ether oxygens (including phenoxy) is 1. The Morgan fingerprint density at radius 1 is 1.40 bits per heavy atom. The van der Waals surface area contributed by atoms with Gasteiger partial charge in [0.15, 0.2) is 0 Å². The van der Waals surface area contributed by atoms with Crippen molar-refractivity contribution < 1.29 is 4.74 Å². The molecule has 2 aromatic rings. The van der Waals surface area contributed by atoms with Gasteiger partial charge in [-0.2, -0.15) is 0 Å². The molecule has 0 fully saturated rings. The van der Waals surface area contributed by atoms with Crippen LogP contribution in [0.2, 0.25) is 0 Å². The zero-order chi connectivity index (χ0) is 14.5. The highest BCUT2D eigenvalue weighted by molar-refractivity contribution is 9.10. The molecule has 0 bridgehead atoms. The van der Waals surface area contributed by atoms with Crippen LogP contribution >= 0.6 is 27.3 Å². The summed E-state index contributed by atoms with van der Waals surface area (Å²) in [6.45, 7) is 5.59. The molecule has 0 amide bonds. The van der Waals surface area contributed by atoms with Gasteiger partial charge in [-0.15, -0.1) is 11.3 Å². The van der Waals surface area contributed by atoms with Crippen molar-refractivity contribution in [3.05, 3.63) is 49.9 Å². The quantitative estimate of drug-likeness (QED) is 0.800. The van der Waals surface area contributed by atoms with E-state index in [1.165, 1.54) is 11.1 Å². The summed E-state index contributed by atoms with van der Waals surface area (Å²) in [6.07, 6.45) is 0. The summed E-state index contributed by atoms with van der Waals surface area (Å²) in [5.74, 6) is 0. The Hall–Kier alpha value is -0.750. The number of hydrogen-bond acceptors (Lipinski definition) is 4. The first-order valence-corrected chi connectivity index (χ1v) is 8.19. The minimum atomic E-state index is 0.0961. The van der Waals surface area contributed by atoms with Crippen LogP contribution in [-0.2, 0) is 4.74 Å². The van der Waals surface area contributed by atoms with Crippen LogP contribution in [0.25, 0.3) is 0 Å². The Morgan fingerprint density at radius 3 is 2.80 bits per heavy atom. The first kappa shape index (κ1) is 15.6. The van der Waals surface area contributed by atoms with Crippen LogP contribution < -0.4 is 5.32 Å². The Labute approximate surface area is 132 Å². The first-order chi connectivity index (χ1) is 9.61. The Bertz CT molecular complexity index is 571. The zero-order valence-corrected chi connectivity index (χ0v) is 14.3. The number of benzene rings is 1. The first-order valence-electron chi connectivity index (χ1n) is 6.52. The molecule has 20 heavy (non-hydrogen) atoms. The number of aromatic nitrogens is 1. The molecule has 0 aliphatic heterocycles. The van der Waals surface area contributed by atoms with Crippen molar-refractivity contribution in [3.8, 4) is 0 Å². The van der Waals surface area contributed by atoms with Crippen molar-refractivity contribution >= 4 is 27.3 Å². The molecule has 1 atom stereocenters. The molecular weight excluding hydrogens is 336 g/mol. The fourth-order valence-electron chi connectivity index (χ4n) is 2.01. The average molecular weight is 355 g/mol. The predicted octanol–water partition coefficient (Wildman–Crippen LogP) is 3.85. The number of nitrogens with one attached hydrogen (secondary N) is 1. The van der Waals surface area contributed by atoms with Gasteiger partial charge in [-0.05, 0) is 31.0 Å². The lowest BCUT2D eigenvalue weighted by Gasteiger charge is -2.18. The fraction of sp³-hybridized carbons (Fsp3) is 0.400.